The van der Waals surface area contributed by atoms with Crippen LogP contribution in [0.1, 0.15) is 23.2 Å². The van der Waals surface area contributed by atoms with E-state index in [9.17, 15) is 4.79 Å². The molecule has 0 N–H and O–H groups in total. The highest BCUT2D eigenvalue weighted by molar-refractivity contribution is 5.99. The summed E-state index contributed by atoms with van der Waals surface area (Å²) in [6.45, 7) is 0. The topological polar surface area (TPSA) is 39.2 Å². The lowest BCUT2D eigenvalue weighted by atomic mass is 10.0. The van der Waals surface area contributed by atoms with Gasteiger partial charge < -0.3 is 4.74 Å². The summed E-state index contributed by atoms with van der Waals surface area (Å²) in [5.74, 6) is 0.482. The Bertz CT molecular complexity index is 319. The Labute approximate surface area is 83.1 Å². The third kappa shape index (κ3) is 1.82. The van der Waals surface area contributed by atoms with E-state index in [4.69, 9.17) is 4.74 Å². The quantitative estimate of drug-likeness (QED) is 0.680. The largest absolute Gasteiger partial charge is 0.373 e. The summed E-state index contributed by atoms with van der Waals surface area (Å²) < 4.78 is 5.21. The molecule has 0 radical (unpaired) electrons. The van der Waals surface area contributed by atoms with Crippen LogP contribution in [0.25, 0.3) is 0 Å². The summed E-state index contributed by atoms with van der Waals surface area (Å²) in [5, 5.41) is 0. The second kappa shape index (κ2) is 3.88. The highest BCUT2D eigenvalue weighted by atomic mass is 16.5. The van der Waals surface area contributed by atoms with E-state index in [1.54, 1.807) is 31.6 Å². The van der Waals surface area contributed by atoms with Crippen molar-refractivity contribution in [2.45, 2.75) is 18.9 Å². The molecule has 14 heavy (non-hydrogen) atoms. The minimum absolute atomic E-state index is 0.0584. The van der Waals surface area contributed by atoms with Crippen molar-refractivity contribution in [3.05, 3.63) is 30.1 Å². The first-order valence-electron chi connectivity index (χ1n) is 4.80. The first kappa shape index (κ1) is 9.34. The van der Waals surface area contributed by atoms with E-state index in [0.29, 0.717) is 11.5 Å². The number of Topliss-reactive ketones (excluding diaryl/α,β-unsaturated/α-hetero) is 1. The number of hydrogen-bond acceptors (Lipinski definition) is 3. The zero-order valence-electron chi connectivity index (χ0n) is 8.14. The third-order valence-electron chi connectivity index (χ3n) is 2.51. The van der Waals surface area contributed by atoms with E-state index >= 15 is 0 Å². The Hall–Kier alpha value is -1.22. The fraction of sp³-hybridized carbons (Fsp3) is 0.455. The lowest BCUT2D eigenvalue weighted by Crippen LogP contribution is -2.25. The fourth-order valence-corrected chi connectivity index (χ4v) is 1.59. The highest BCUT2D eigenvalue weighted by Crippen LogP contribution is 2.35. The van der Waals surface area contributed by atoms with E-state index in [0.717, 1.165) is 12.8 Å². The van der Waals surface area contributed by atoms with Crippen LogP contribution in [0.3, 0.4) is 0 Å². The number of carbonyl (C=O) groups excluding carboxylic acids is 1. The van der Waals surface area contributed by atoms with Gasteiger partial charge in [-0.1, -0.05) is 0 Å². The molecule has 2 rings (SSSR count). The van der Waals surface area contributed by atoms with Crippen LogP contribution >= 0.6 is 0 Å². The van der Waals surface area contributed by atoms with Gasteiger partial charge in [-0.15, -0.1) is 0 Å². The fourth-order valence-electron chi connectivity index (χ4n) is 1.59. The molecule has 74 valence electrons. The summed E-state index contributed by atoms with van der Waals surface area (Å²) in [6, 6.07) is 3.55. The number of ether oxygens (including phenoxy) is 1. The minimum atomic E-state index is -0.265. The van der Waals surface area contributed by atoms with E-state index < -0.39 is 0 Å². The number of rotatable bonds is 4. The monoisotopic (exact) mass is 191 g/mol. The maximum atomic E-state index is 11.9. The first-order chi connectivity index (χ1) is 6.83. The second-order valence-corrected chi connectivity index (χ2v) is 3.60. The van der Waals surface area contributed by atoms with Gasteiger partial charge in [0.1, 0.15) is 6.10 Å². The van der Waals surface area contributed by atoms with Crippen molar-refractivity contribution in [2.75, 3.05) is 7.11 Å². The van der Waals surface area contributed by atoms with E-state index in [2.05, 4.69) is 4.98 Å². The summed E-state index contributed by atoms with van der Waals surface area (Å²) >= 11 is 0. The molecule has 1 atom stereocenters. The predicted octanol–water partition coefficient (Wildman–Crippen LogP) is 1.69. The molecule has 0 saturated heterocycles. The normalized spacial score (nSPS) is 17.8. The molecule has 1 aromatic heterocycles. The van der Waals surface area contributed by atoms with Crippen molar-refractivity contribution in [1.82, 2.24) is 4.98 Å². The van der Waals surface area contributed by atoms with Gasteiger partial charge in [0.15, 0.2) is 5.78 Å². The van der Waals surface area contributed by atoms with Crippen LogP contribution in [0.5, 0.6) is 0 Å². The van der Waals surface area contributed by atoms with Gasteiger partial charge in [-0.3, -0.25) is 9.78 Å². The highest BCUT2D eigenvalue weighted by Gasteiger charge is 2.36. The second-order valence-electron chi connectivity index (χ2n) is 3.60. The molecule has 1 aliphatic carbocycles. The molecule has 0 aliphatic heterocycles. The Morgan fingerprint density at radius 2 is 2.43 bits per heavy atom. The van der Waals surface area contributed by atoms with E-state index in [1.165, 1.54) is 0 Å². The lowest BCUT2D eigenvalue weighted by Gasteiger charge is -2.12. The molecule has 1 unspecified atom stereocenters. The summed E-state index contributed by atoms with van der Waals surface area (Å²) in [7, 11) is 1.59. The predicted molar refractivity (Wildman–Crippen MR) is 52.1 cm³/mol. The molecular weight excluding hydrogens is 178 g/mol. The zero-order valence-corrected chi connectivity index (χ0v) is 8.14. The van der Waals surface area contributed by atoms with Crippen molar-refractivity contribution >= 4 is 5.78 Å². The standard InChI is InChI=1S/C11H13NO2/c1-14-11(8-4-5-8)10(13)9-3-2-6-12-7-9/h2-3,6-8,11H,4-5H2,1H3. The number of methoxy groups -OCH3 is 1. The minimum Gasteiger partial charge on any atom is -0.373 e. The Morgan fingerprint density at radius 1 is 1.64 bits per heavy atom. The van der Waals surface area contributed by atoms with Crippen molar-refractivity contribution < 1.29 is 9.53 Å². The zero-order chi connectivity index (χ0) is 9.97. The van der Waals surface area contributed by atoms with Crippen molar-refractivity contribution in [1.29, 1.82) is 0 Å². The molecular formula is C11H13NO2. The number of hydrogen-bond donors (Lipinski definition) is 0. The molecule has 1 saturated carbocycles. The van der Waals surface area contributed by atoms with Gasteiger partial charge in [0.25, 0.3) is 0 Å². The average Bonchev–Trinajstić information content (AvgIpc) is 3.04. The van der Waals surface area contributed by atoms with Crippen LogP contribution in [0, 0.1) is 5.92 Å². The van der Waals surface area contributed by atoms with Crippen LogP contribution in [-0.2, 0) is 4.74 Å². The van der Waals surface area contributed by atoms with E-state index in [1.807, 2.05) is 0 Å². The Kier molecular flexibility index (Phi) is 2.59. The summed E-state index contributed by atoms with van der Waals surface area (Å²) in [6.07, 6.45) is 5.20. The molecule has 0 aromatic carbocycles. The van der Waals surface area contributed by atoms with Crippen LogP contribution in [0.2, 0.25) is 0 Å². The van der Waals surface area contributed by atoms with Crippen molar-refractivity contribution in [3.63, 3.8) is 0 Å². The number of pyridine rings is 1. The van der Waals surface area contributed by atoms with Crippen LogP contribution in [-0.4, -0.2) is 24.0 Å². The molecule has 0 spiro atoms. The molecule has 0 amide bonds. The van der Waals surface area contributed by atoms with E-state index in [-0.39, 0.29) is 11.9 Å². The smallest absolute Gasteiger partial charge is 0.193 e. The maximum Gasteiger partial charge on any atom is 0.193 e. The molecule has 1 heterocycles. The molecule has 0 bridgehead atoms. The molecule has 1 aliphatic rings. The Morgan fingerprint density at radius 3 is 2.93 bits per heavy atom. The van der Waals surface area contributed by atoms with Crippen LogP contribution in [0.15, 0.2) is 24.5 Å². The van der Waals surface area contributed by atoms with Gasteiger partial charge in [0, 0.05) is 25.1 Å². The van der Waals surface area contributed by atoms with Gasteiger partial charge in [-0.25, -0.2) is 0 Å². The first-order valence-corrected chi connectivity index (χ1v) is 4.80. The van der Waals surface area contributed by atoms with Gasteiger partial charge in [0.05, 0.1) is 0 Å². The Balaban J connectivity index is 2.14. The van der Waals surface area contributed by atoms with Crippen LogP contribution < -0.4 is 0 Å². The maximum absolute atomic E-state index is 11.9. The SMILES string of the molecule is COC(C(=O)c1cccnc1)C1CC1. The van der Waals surface area contributed by atoms with Crippen LogP contribution in [0.4, 0.5) is 0 Å². The molecule has 1 aromatic rings. The third-order valence-corrected chi connectivity index (χ3v) is 2.51. The van der Waals surface area contributed by atoms with Gasteiger partial charge >= 0.3 is 0 Å². The van der Waals surface area contributed by atoms with Gasteiger partial charge in [0.2, 0.25) is 0 Å². The average molecular weight is 191 g/mol. The lowest BCUT2D eigenvalue weighted by molar-refractivity contribution is 0.0539. The number of nitrogens with zero attached hydrogens (tertiary/aromatic N) is 1. The van der Waals surface area contributed by atoms with Crippen molar-refractivity contribution in [3.8, 4) is 0 Å². The molecule has 3 nitrogen and oxygen atoms in total. The van der Waals surface area contributed by atoms with Crippen molar-refractivity contribution in [2.24, 2.45) is 5.92 Å². The number of aromatic nitrogens is 1. The summed E-state index contributed by atoms with van der Waals surface area (Å²) in [5.41, 5.74) is 0.645. The molecule has 3 heteroatoms. The number of carbonyl (C=O) groups is 1. The summed E-state index contributed by atoms with van der Waals surface area (Å²) in [4.78, 5) is 15.8. The molecule has 1 fully saturated rings. The van der Waals surface area contributed by atoms with Gasteiger partial charge in [-0.05, 0) is 30.9 Å². The van der Waals surface area contributed by atoms with Gasteiger partial charge in [-0.2, -0.15) is 0 Å². The number of ketones is 1.